The zero-order valence-corrected chi connectivity index (χ0v) is 16.9. The van der Waals surface area contributed by atoms with Crippen LogP contribution in [0.1, 0.15) is 34.9 Å². The number of aromatic nitrogens is 1. The molecule has 1 amide bonds. The molecule has 136 valence electrons. The molecule has 0 aliphatic heterocycles. The molecule has 0 radical (unpaired) electrons. The van der Waals surface area contributed by atoms with Crippen molar-refractivity contribution in [1.82, 2.24) is 9.71 Å². The summed E-state index contributed by atoms with van der Waals surface area (Å²) in [6.45, 7) is 10.6. The summed E-state index contributed by atoms with van der Waals surface area (Å²) in [5.74, 6) is -0.447. The molecule has 0 bridgehead atoms. The lowest BCUT2D eigenvalue weighted by Gasteiger charge is -2.18. The third-order valence-electron chi connectivity index (χ3n) is 4.14. The van der Waals surface area contributed by atoms with Gasteiger partial charge in [0.25, 0.3) is 0 Å². The fraction of sp³-hybridized carbons (Fsp3) is 0.412. The Morgan fingerprint density at radius 2 is 1.68 bits per heavy atom. The Labute approximate surface area is 152 Å². The smallest absolute Gasteiger partial charge is 0.244 e. The molecule has 2 rings (SSSR count). The molecule has 8 heteroatoms. The van der Waals surface area contributed by atoms with E-state index in [1.54, 1.807) is 13.8 Å². The number of amides is 1. The van der Waals surface area contributed by atoms with Gasteiger partial charge in [0.05, 0.1) is 16.6 Å². The lowest BCUT2D eigenvalue weighted by atomic mass is 10.0. The van der Waals surface area contributed by atoms with Crippen molar-refractivity contribution in [2.24, 2.45) is 0 Å². The van der Waals surface area contributed by atoms with Crippen molar-refractivity contribution in [3.63, 3.8) is 0 Å². The molecular weight excluding hydrogens is 358 g/mol. The number of sulfonamides is 1. The van der Waals surface area contributed by atoms with E-state index in [-0.39, 0.29) is 4.90 Å². The van der Waals surface area contributed by atoms with E-state index in [0.717, 1.165) is 16.8 Å². The molecule has 1 unspecified atom stereocenters. The molecule has 0 spiro atoms. The third-order valence-corrected chi connectivity index (χ3v) is 6.83. The third kappa shape index (κ3) is 4.26. The van der Waals surface area contributed by atoms with Crippen LogP contribution >= 0.6 is 11.3 Å². The van der Waals surface area contributed by atoms with Crippen LogP contribution in [0.2, 0.25) is 0 Å². The minimum Gasteiger partial charge on any atom is -0.301 e. The van der Waals surface area contributed by atoms with Gasteiger partial charge in [-0.2, -0.15) is 4.72 Å². The highest BCUT2D eigenvalue weighted by molar-refractivity contribution is 7.89. The maximum Gasteiger partial charge on any atom is 0.244 e. The zero-order chi connectivity index (χ0) is 18.9. The summed E-state index contributed by atoms with van der Waals surface area (Å²) in [6.07, 6.45) is 0. The van der Waals surface area contributed by atoms with Crippen LogP contribution in [0, 0.1) is 34.6 Å². The van der Waals surface area contributed by atoms with Crippen LogP contribution in [0.5, 0.6) is 0 Å². The van der Waals surface area contributed by atoms with Gasteiger partial charge in [-0.1, -0.05) is 6.07 Å². The Kier molecular flexibility index (Phi) is 5.65. The van der Waals surface area contributed by atoms with Crippen LogP contribution in [0.4, 0.5) is 5.13 Å². The summed E-state index contributed by atoms with van der Waals surface area (Å²) in [5.41, 5.74) is 3.99. The molecule has 6 nitrogen and oxygen atoms in total. The van der Waals surface area contributed by atoms with E-state index in [9.17, 15) is 13.2 Å². The Hall–Kier alpha value is -1.77. The Morgan fingerprint density at radius 1 is 1.12 bits per heavy atom. The number of rotatable bonds is 5. The normalized spacial score (nSPS) is 12.9. The second-order valence-corrected chi connectivity index (χ2v) is 8.72. The summed E-state index contributed by atoms with van der Waals surface area (Å²) in [4.78, 5) is 16.7. The molecule has 2 N–H and O–H groups in total. The minimum atomic E-state index is -3.83. The van der Waals surface area contributed by atoms with Crippen LogP contribution in [-0.2, 0) is 14.8 Å². The summed E-state index contributed by atoms with van der Waals surface area (Å²) in [6, 6.07) is 1.04. The monoisotopic (exact) mass is 381 g/mol. The zero-order valence-electron chi connectivity index (χ0n) is 15.2. The van der Waals surface area contributed by atoms with Gasteiger partial charge in [0.15, 0.2) is 5.13 Å². The lowest BCUT2D eigenvalue weighted by molar-refractivity contribution is -0.117. The number of thiazole rings is 1. The molecule has 1 aromatic carbocycles. The molecule has 0 saturated carbocycles. The summed E-state index contributed by atoms with van der Waals surface area (Å²) in [5, 5.41) is 4.89. The van der Waals surface area contributed by atoms with Gasteiger partial charge in [0.2, 0.25) is 15.9 Å². The topological polar surface area (TPSA) is 88.2 Å². The van der Waals surface area contributed by atoms with Crippen molar-refractivity contribution < 1.29 is 13.2 Å². The average Bonchev–Trinajstić information content (AvgIpc) is 2.89. The van der Waals surface area contributed by atoms with Crippen LogP contribution in [0.15, 0.2) is 16.3 Å². The van der Waals surface area contributed by atoms with Crippen molar-refractivity contribution >= 4 is 32.4 Å². The number of nitrogens with zero attached hydrogens (tertiary/aromatic N) is 1. The molecule has 1 atom stereocenters. The quantitative estimate of drug-likeness (QED) is 0.833. The van der Waals surface area contributed by atoms with Gasteiger partial charge < -0.3 is 5.32 Å². The fourth-order valence-electron chi connectivity index (χ4n) is 2.55. The first-order chi connectivity index (χ1) is 11.5. The average molecular weight is 382 g/mol. The van der Waals surface area contributed by atoms with E-state index in [0.29, 0.717) is 16.3 Å². The highest BCUT2D eigenvalue weighted by Crippen LogP contribution is 2.26. The van der Waals surface area contributed by atoms with Gasteiger partial charge in [-0.3, -0.25) is 4.79 Å². The molecule has 1 heterocycles. The highest BCUT2D eigenvalue weighted by Gasteiger charge is 2.26. The van der Waals surface area contributed by atoms with Gasteiger partial charge in [0, 0.05) is 5.38 Å². The van der Waals surface area contributed by atoms with Crippen molar-refractivity contribution in [3.05, 3.63) is 39.4 Å². The highest BCUT2D eigenvalue weighted by atomic mass is 32.2. The van der Waals surface area contributed by atoms with E-state index in [1.165, 1.54) is 18.3 Å². The molecule has 25 heavy (non-hydrogen) atoms. The number of anilines is 1. The van der Waals surface area contributed by atoms with Crippen LogP contribution < -0.4 is 10.0 Å². The lowest BCUT2D eigenvalue weighted by Crippen LogP contribution is -2.42. The van der Waals surface area contributed by atoms with E-state index in [2.05, 4.69) is 15.0 Å². The molecule has 1 aromatic heterocycles. The molecule has 0 saturated heterocycles. The minimum absolute atomic E-state index is 0.245. The molecular formula is C17H23N3O3S2. The predicted molar refractivity (Wildman–Crippen MR) is 101 cm³/mol. The van der Waals surface area contributed by atoms with Crippen molar-refractivity contribution in [3.8, 4) is 0 Å². The number of hydrogen-bond acceptors (Lipinski definition) is 5. The van der Waals surface area contributed by atoms with Gasteiger partial charge in [0.1, 0.15) is 0 Å². The van der Waals surface area contributed by atoms with Crippen molar-refractivity contribution in [2.45, 2.75) is 52.5 Å². The van der Waals surface area contributed by atoms with E-state index >= 15 is 0 Å². The van der Waals surface area contributed by atoms with Crippen LogP contribution in [0.3, 0.4) is 0 Å². The van der Waals surface area contributed by atoms with Gasteiger partial charge >= 0.3 is 0 Å². The SMILES string of the molecule is Cc1csc(NC(=O)C(C)NS(=O)(=O)c2c(C)c(C)cc(C)c2C)n1. The largest absolute Gasteiger partial charge is 0.301 e. The first-order valence-corrected chi connectivity index (χ1v) is 10.2. The van der Waals surface area contributed by atoms with E-state index < -0.39 is 22.0 Å². The van der Waals surface area contributed by atoms with Gasteiger partial charge in [-0.15, -0.1) is 11.3 Å². The molecule has 2 aromatic rings. The van der Waals surface area contributed by atoms with E-state index in [4.69, 9.17) is 0 Å². The van der Waals surface area contributed by atoms with Crippen LogP contribution in [-0.4, -0.2) is 25.4 Å². The Balaban J connectivity index is 2.25. The Morgan fingerprint density at radius 3 is 2.16 bits per heavy atom. The first-order valence-electron chi connectivity index (χ1n) is 7.85. The van der Waals surface area contributed by atoms with Crippen LogP contribution in [0.25, 0.3) is 0 Å². The standard InChI is InChI=1S/C17H23N3O3S2/c1-9-7-10(2)13(5)15(12(9)4)25(22,23)20-14(6)16(21)19-17-18-11(3)8-24-17/h7-8,14,20H,1-6H3,(H,18,19,21). The summed E-state index contributed by atoms with van der Waals surface area (Å²) < 4.78 is 28.2. The first kappa shape index (κ1) is 19.6. The number of carbonyl (C=O) groups excluding carboxylic acids is 1. The predicted octanol–water partition coefficient (Wildman–Crippen LogP) is 2.99. The number of carbonyl (C=O) groups is 1. The fourth-order valence-corrected chi connectivity index (χ4v) is 5.06. The summed E-state index contributed by atoms with van der Waals surface area (Å²) in [7, 11) is -3.83. The second-order valence-electron chi connectivity index (χ2n) is 6.22. The molecule has 0 aliphatic rings. The molecule has 0 fully saturated rings. The van der Waals surface area contributed by atoms with Gasteiger partial charge in [-0.05, 0) is 63.8 Å². The number of aryl methyl sites for hydroxylation is 3. The van der Waals surface area contributed by atoms with Gasteiger partial charge in [-0.25, -0.2) is 13.4 Å². The second kappa shape index (κ2) is 7.23. The maximum absolute atomic E-state index is 12.8. The van der Waals surface area contributed by atoms with Crippen molar-refractivity contribution in [1.29, 1.82) is 0 Å². The Bertz CT molecular complexity index is 891. The summed E-state index contributed by atoms with van der Waals surface area (Å²) >= 11 is 1.30. The maximum atomic E-state index is 12.8. The molecule has 0 aliphatic carbocycles. The number of nitrogens with one attached hydrogen (secondary N) is 2. The van der Waals surface area contributed by atoms with Crippen molar-refractivity contribution in [2.75, 3.05) is 5.32 Å². The number of hydrogen-bond donors (Lipinski definition) is 2. The number of benzene rings is 1. The van der Waals surface area contributed by atoms with E-state index in [1.807, 2.05) is 32.2 Å².